The van der Waals surface area contributed by atoms with E-state index in [1.165, 1.54) is 0 Å². The van der Waals surface area contributed by atoms with E-state index < -0.39 is 5.97 Å². The SMILES string of the molecule is CCOC(=O)c1nnc2nc(C)cc(C)n12. The Balaban J connectivity index is 2.60. The maximum Gasteiger partial charge on any atom is 0.376 e. The number of esters is 1. The molecule has 6 nitrogen and oxygen atoms in total. The predicted molar refractivity (Wildman–Crippen MR) is 56.2 cm³/mol. The van der Waals surface area contributed by atoms with Crippen LogP contribution in [0.5, 0.6) is 0 Å². The lowest BCUT2D eigenvalue weighted by molar-refractivity contribution is 0.0510. The first-order chi connectivity index (χ1) is 7.63. The molecule has 0 aliphatic rings. The van der Waals surface area contributed by atoms with Crippen molar-refractivity contribution in [3.05, 3.63) is 23.3 Å². The molecule has 0 atom stereocenters. The summed E-state index contributed by atoms with van der Waals surface area (Å²) in [5.74, 6) is 0.103. The zero-order chi connectivity index (χ0) is 11.7. The van der Waals surface area contributed by atoms with Crippen molar-refractivity contribution in [1.29, 1.82) is 0 Å². The van der Waals surface area contributed by atoms with Crippen LogP contribution < -0.4 is 0 Å². The minimum absolute atomic E-state index is 0.168. The van der Waals surface area contributed by atoms with Crippen molar-refractivity contribution in [2.45, 2.75) is 20.8 Å². The summed E-state index contributed by atoms with van der Waals surface area (Å²) >= 11 is 0. The van der Waals surface area contributed by atoms with Crippen LogP contribution in [0, 0.1) is 13.8 Å². The lowest BCUT2D eigenvalue weighted by atomic mass is 10.3. The maximum atomic E-state index is 11.6. The lowest BCUT2D eigenvalue weighted by Gasteiger charge is -2.03. The Labute approximate surface area is 92.3 Å². The molecule has 0 spiro atoms. The number of hydrogen-bond donors (Lipinski definition) is 0. The average Bonchev–Trinajstić information content (AvgIpc) is 2.61. The van der Waals surface area contributed by atoms with Gasteiger partial charge < -0.3 is 4.74 Å². The summed E-state index contributed by atoms with van der Waals surface area (Å²) in [4.78, 5) is 15.8. The van der Waals surface area contributed by atoms with Gasteiger partial charge in [-0.2, -0.15) is 0 Å². The molecule has 2 heterocycles. The molecular weight excluding hydrogens is 208 g/mol. The Kier molecular flexibility index (Phi) is 2.55. The fraction of sp³-hybridized carbons (Fsp3) is 0.400. The van der Waals surface area contributed by atoms with Crippen LogP contribution >= 0.6 is 0 Å². The second-order valence-corrected chi connectivity index (χ2v) is 3.42. The molecule has 0 saturated heterocycles. The number of hydrogen-bond acceptors (Lipinski definition) is 5. The summed E-state index contributed by atoms with van der Waals surface area (Å²) < 4.78 is 6.48. The van der Waals surface area contributed by atoms with Gasteiger partial charge in [-0.1, -0.05) is 0 Å². The highest BCUT2D eigenvalue weighted by molar-refractivity contribution is 5.86. The Morgan fingerprint density at radius 1 is 1.44 bits per heavy atom. The largest absolute Gasteiger partial charge is 0.460 e. The monoisotopic (exact) mass is 220 g/mol. The highest BCUT2D eigenvalue weighted by Crippen LogP contribution is 2.08. The van der Waals surface area contributed by atoms with Gasteiger partial charge in [-0.3, -0.25) is 4.40 Å². The number of aromatic nitrogens is 4. The zero-order valence-corrected chi connectivity index (χ0v) is 9.39. The van der Waals surface area contributed by atoms with Crippen LogP contribution in [0.15, 0.2) is 6.07 Å². The topological polar surface area (TPSA) is 69.4 Å². The molecule has 0 saturated carbocycles. The van der Waals surface area contributed by atoms with E-state index in [4.69, 9.17) is 4.74 Å². The number of rotatable bonds is 2. The van der Waals surface area contributed by atoms with Crippen molar-refractivity contribution < 1.29 is 9.53 Å². The third kappa shape index (κ3) is 1.62. The highest BCUT2D eigenvalue weighted by Gasteiger charge is 2.17. The van der Waals surface area contributed by atoms with Gasteiger partial charge in [0, 0.05) is 11.4 Å². The fourth-order valence-electron chi connectivity index (χ4n) is 1.56. The summed E-state index contributed by atoms with van der Waals surface area (Å²) in [6.45, 7) is 5.79. The third-order valence-corrected chi connectivity index (χ3v) is 2.15. The summed E-state index contributed by atoms with van der Waals surface area (Å²) in [6.07, 6.45) is 0. The average molecular weight is 220 g/mol. The quantitative estimate of drug-likeness (QED) is 0.704. The van der Waals surface area contributed by atoms with Crippen LogP contribution in [-0.4, -0.2) is 32.2 Å². The Hall–Kier alpha value is -1.98. The van der Waals surface area contributed by atoms with Gasteiger partial charge >= 0.3 is 5.97 Å². The maximum absolute atomic E-state index is 11.6. The first-order valence-corrected chi connectivity index (χ1v) is 5.00. The summed E-state index contributed by atoms with van der Waals surface area (Å²) in [5.41, 5.74) is 1.70. The molecule has 0 N–H and O–H groups in total. The zero-order valence-electron chi connectivity index (χ0n) is 9.39. The molecule has 6 heteroatoms. The number of aryl methyl sites for hydroxylation is 2. The van der Waals surface area contributed by atoms with E-state index in [1.54, 1.807) is 11.3 Å². The summed E-state index contributed by atoms with van der Waals surface area (Å²) in [5, 5.41) is 7.64. The van der Waals surface area contributed by atoms with Crippen LogP contribution in [0.2, 0.25) is 0 Å². The molecule has 0 bridgehead atoms. The number of ether oxygens (including phenoxy) is 1. The van der Waals surface area contributed by atoms with Crippen molar-refractivity contribution in [3.8, 4) is 0 Å². The molecule has 0 unspecified atom stereocenters. The van der Waals surface area contributed by atoms with Gasteiger partial charge in [0.2, 0.25) is 5.82 Å². The molecule has 0 radical (unpaired) electrons. The third-order valence-electron chi connectivity index (χ3n) is 2.15. The summed E-state index contributed by atoms with van der Waals surface area (Å²) in [6, 6.07) is 1.86. The second-order valence-electron chi connectivity index (χ2n) is 3.42. The molecule has 0 aliphatic carbocycles. The molecule has 84 valence electrons. The van der Waals surface area contributed by atoms with Gasteiger partial charge in [0.05, 0.1) is 6.61 Å². The number of carbonyl (C=O) groups excluding carboxylic acids is 1. The van der Waals surface area contributed by atoms with Crippen LogP contribution in [-0.2, 0) is 4.74 Å². The standard InChI is InChI=1S/C10H12N4O2/c1-4-16-9(15)8-12-13-10-11-6(2)5-7(3)14(8)10/h5H,4H2,1-3H3. The van der Waals surface area contributed by atoms with E-state index in [0.717, 1.165) is 11.4 Å². The van der Waals surface area contributed by atoms with Crippen molar-refractivity contribution in [1.82, 2.24) is 19.6 Å². The van der Waals surface area contributed by atoms with Crippen LogP contribution in [0.4, 0.5) is 0 Å². The first-order valence-electron chi connectivity index (χ1n) is 5.00. The number of nitrogens with zero attached hydrogens (tertiary/aromatic N) is 4. The van der Waals surface area contributed by atoms with E-state index >= 15 is 0 Å². The number of carbonyl (C=O) groups is 1. The molecule has 0 aromatic carbocycles. The van der Waals surface area contributed by atoms with Gasteiger partial charge in [0.1, 0.15) is 0 Å². The first kappa shape index (κ1) is 10.5. The van der Waals surface area contributed by atoms with E-state index in [1.807, 2.05) is 19.9 Å². The minimum Gasteiger partial charge on any atom is -0.460 e. The van der Waals surface area contributed by atoms with Gasteiger partial charge in [0.15, 0.2) is 0 Å². The van der Waals surface area contributed by atoms with Crippen molar-refractivity contribution >= 4 is 11.7 Å². The minimum atomic E-state index is -0.483. The molecule has 2 rings (SSSR count). The normalized spacial score (nSPS) is 10.7. The van der Waals surface area contributed by atoms with E-state index in [9.17, 15) is 4.79 Å². The van der Waals surface area contributed by atoms with Crippen LogP contribution in [0.3, 0.4) is 0 Å². The molecule has 0 aliphatic heterocycles. The van der Waals surface area contributed by atoms with Gasteiger partial charge in [-0.05, 0) is 26.8 Å². The second kappa shape index (κ2) is 3.88. The van der Waals surface area contributed by atoms with Crippen LogP contribution in [0.1, 0.15) is 28.9 Å². The highest BCUT2D eigenvalue weighted by atomic mass is 16.5. The van der Waals surface area contributed by atoms with E-state index in [0.29, 0.717) is 12.4 Å². The number of fused-ring (bicyclic) bond motifs is 1. The Morgan fingerprint density at radius 2 is 2.19 bits per heavy atom. The fourth-order valence-corrected chi connectivity index (χ4v) is 1.56. The van der Waals surface area contributed by atoms with Crippen molar-refractivity contribution in [2.24, 2.45) is 0 Å². The Morgan fingerprint density at radius 3 is 2.88 bits per heavy atom. The van der Waals surface area contributed by atoms with Gasteiger partial charge in [0.25, 0.3) is 5.78 Å². The lowest BCUT2D eigenvalue weighted by Crippen LogP contribution is -2.11. The van der Waals surface area contributed by atoms with Crippen molar-refractivity contribution in [2.75, 3.05) is 6.61 Å². The molecule has 2 aromatic rings. The van der Waals surface area contributed by atoms with Gasteiger partial charge in [-0.25, -0.2) is 9.78 Å². The molecule has 2 aromatic heterocycles. The summed E-state index contributed by atoms with van der Waals surface area (Å²) in [7, 11) is 0. The van der Waals surface area contributed by atoms with Crippen LogP contribution in [0.25, 0.3) is 5.78 Å². The molecular formula is C10H12N4O2. The Bertz CT molecular complexity index is 547. The molecule has 16 heavy (non-hydrogen) atoms. The van der Waals surface area contributed by atoms with E-state index in [-0.39, 0.29) is 5.82 Å². The van der Waals surface area contributed by atoms with Crippen molar-refractivity contribution in [3.63, 3.8) is 0 Å². The predicted octanol–water partition coefficient (Wildman–Crippen LogP) is 0.918. The molecule has 0 amide bonds. The van der Waals surface area contributed by atoms with Gasteiger partial charge in [-0.15, -0.1) is 10.2 Å². The molecule has 0 fully saturated rings. The van der Waals surface area contributed by atoms with E-state index in [2.05, 4.69) is 15.2 Å². The smallest absolute Gasteiger partial charge is 0.376 e.